The SMILES string of the molecule is CN1CCN(c2nc(CCC=O)cn(-c3ccc(-c4cccnn4)cc3)c2=O)CC1.CN1CCN(c2nc(CCCN[C@@H]3C[C@H]3c3ccc(F)cc3)cn(-c3ccc(-c4cccnn4)cc3)c2=O)CC1.N[C@@H]1C[C@H]1c1ccc(F)cc1. The van der Waals surface area contributed by atoms with E-state index in [0.29, 0.717) is 48.4 Å². The molecule has 0 amide bonds. The van der Waals surface area contributed by atoms with Gasteiger partial charge in [0.05, 0.1) is 22.8 Å². The molecule has 17 nitrogen and oxygen atoms in total. The predicted octanol–water partition coefficient (Wildman–Crippen LogP) is 6.87. The predicted molar refractivity (Wildman–Crippen MR) is 311 cm³/mol. The highest BCUT2D eigenvalue weighted by molar-refractivity contribution is 5.61. The second-order valence-corrected chi connectivity index (χ2v) is 21.2. The van der Waals surface area contributed by atoms with Gasteiger partial charge >= 0.3 is 0 Å². The number of aldehydes is 1. The van der Waals surface area contributed by atoms with Gasteiger partial charge < -0.3 is 35.4 Å². The van der Waals surface area contributed by atoms with Crippen molar-refractivity contribution in [2.45, 2.75) is 62.4 Å². The number of hydrogen-bond acceptors (Lipinski definition) is 15. The Kier molecular flexibility index (Phi) is 18.2. The lowest BCUT2D eigenvalue weighted by atomic mass is 10.1. The highest BCUT2D eigenvalue weighted by Crippen LogP contribution is 2.41. The summed E-state index contributed by atoms with van der Waals surface area (Å²) in [5, 5.41) is 19.8. The topological polar surface area (TPSA) is 189 Å². The van der Waals surface area contributed by atoms with Crippen molar-refractivity contribution < 1.29 is 13.6 Å². The fraction of sp³-hybridized carbons (Fsp3) is 0.339. The standard InChI is InChI=1S/C31H34FN7O.C22H24N6O2.C9H10FN/c1-37-16-18-38(19-17-37)30-31(40)39(26-12-8-23(9-13-26)28-5-3-15-34-36-28)21-25(35-30)4-2-14-33-29-20-27(29)22-6-10-24(32)11-7-22;1-26-11-13-27(14-12-26)21-22(30)28(16-18(24-21)4-3-15-29)19-8-6-17(7-9-19)20-5-2-10-23-25-20;10-7-3-1-6(2-4-7)8-5-9(8)11/h3,5-13,15,21,27,29,33H,2,4,14,16-20H2,1H3;2,5-10,15-16H,3-4,11-14H2,1H3;1-4,8-9H,5,11H2/t27-,29+;;8-,9+/m0.0/s1. The van der Waals surface area contributed by atoms with Crippen molar-refractivity contribution in [3.05, 3.63) is 201 Å². The summed E-state index contributed by atoms with van der Waals surface area (Å²) in [7, 11) is 4.17. The molecule has 12 rings (SSSR count). The Bertz CT molecular complexity index is 3450. The third-order valence-electron chi connectivity index (χ3n) is 15.3. The minimum absolute atomic E-state index is 0.0983. The van der Waals surface area contributed by atoms with Gasteiger partial charge in [-0.05, 0) is 137 Å². The van der Waals surface area contributed by atoms with Crippen LogP contribution in [0.2, 0.25) is 0 Å². The van der Waals surface area contributed by atoms with E-state index in [1.807, 2.05) is 108 Å². The second-order valence-electron chi connectivity index (χ2n) is 21.2. The first kappa shape index (κ1) is 56.1. The average Bonchev–Trinajstić information content (AvgIpc) is 4.55. The Morgan fingerprint density at radius 3 is 1.44 bits per heavy atom. The molecule has 2 aliphatic carbocycles. The van der Waals surface area contributed by atoms with E-state index >= 15 is 0 Å². The lowest BCUT2D eigenvalue weighted by molar-refractivity contribution is -0.107. The minimum Gasteiger partial charge on any atom is -0.349 e. The Morgan fingerprint density at radius 2 is 1.02 bits per heavy atom. The molecule has 0 unspecified atom stereocenters. The molecule has 3 N–H and O–H groups in total. The zero-order valence-electron chi connectivity index (χ0n) is 45.8. The van der Waals surface area contributed by atoms with Crippen LogP contribution in [0.3, 0.4) is 0 Å². The van der Waals surface area contributed by atoms with Crippen molar-refractivity contribution in [1.82, 2.24) is 54.6 Å². The van der Waals surface area contributed by atoms with E-state index in [4.69, 9.17) is 10.7 Å². The van der Waals surface area contributed by atoms with Gasteiger partial charge in [0.1, 0.15) is 17.9 Å². The molecule has 4 aromatic carbocycles. The molecule has 4 fully saturated rings. The number of halogens is 2. The number of aromatic nitrogens is 8. The van der Waals surface area contributed by atoms with E-state index in [-0.39, 0.29) is 22.8 Å². The number of anilines is 2. The van der Waals surface area contributed by atoms with Crippen LogP contribution in [0.4, 0.5) is 20.4 Å². The van der Waals surface area contributed by atoms with Crippen molar-refractivity contribution in [2.24, 2.45) is 5.73 Å². The molecule has 2 aliphatic heterocycles. The number of benzene rings is 4. The second kappa shape index (κ2) is 26.4. The number of nitrogens with zero attached hydrogens (tertiary/aromatic N) is 12. The largest absolute Gasteiger partial charge is 0.349 e. The highest BCUT2D eigenvalue weighted by Gasteiger charge is 2.37. The van der Waals surface area contributed by atoms with Crippen molar-refractivity contribution in [2.75, 3.05) is 82.8 Å². The van der Waals surface area contributed by atoms with Crippen molar-refractivity contribution in [3.63, 3.8) is 0 Å². The molecule has 2 saturated heterocycles. The molecule has 0 spiro atoms. The fourth-order valence-corrected chi connectivity index (χ4v) is 10.2. The molecule has 4 aliphatic rings. The number of carbonyl (C=O) groups excluding carboxylic acids is 1. The van der Waals surface area contributed by atoms with E-state index in [1.165, 1.54) is 35.4 Å². The van der Waals surface area contributed by atoms with Crippen LogP contribution < -0.4 is 32.0 Å². The number of aryl methyl sites for hydroxylation is 2. The van der Waals surface area contributed by atoms with Gasteiger partial charge in [-0.3, -0.25) is 18.7 Å². The van der Waals surface area contributed by atoms with E-state index < -0.39 is 0 Å². The summed E-state index contributed by atoms with van der Waals surface area (Å²) in [5.41, 5.74) is 14.4. The normalized spacial score (nSPS) is 18.7. The Morgan fingerprint density at radius 1 is 0.580 bits per heavy atom. The van der Waals surface area contributed by atoms with Crippen LogP contribution in [0, 0.1) is 11.6 Å². The van der Waals surface area contributed by atoms with Gasteiger partial charge in [-0.1, -0.05) is 48.5 Å². The van der Waals surface area contributed by atoms with Crippen LogP contribution >= 0.6 is 0 Å². The number of carbonyl (C=O) groups is 1. The third kappa shape index (κ3) is 14.6. The van der Waals surface area contributed by atoms with Gasteiger partial charge in [-0.2, -0.15) is 20.4 Å². The Labute approximate surface area is 470 Å². The molecule has 6 heterocycles. The van der Waals surface area contributed by atoms with E-state index in [0.717, 1.165) is 136 Å². The van der Waals surface area contributed by atoms with Crippen molar-refractivity contribution >= 4 is 17.9 Å². The summed E-state index contributed by atoms with van der Waals surface area (Å²) in [5.74, 6) is 1.53. The third-order valence-corrected chi connectivity index (χ3v) is 15.3. The molecular weight excluding hydrogens is 1030 g/mol. The van der Waals surface area contributed by atoms with Gasteiger partial charge in [0, 0.05) is 130 Å². The first-order valence-electron chi connectivity index (χ1n) is 27.8. The summed E-state index contributed by atoms with van der Waals surface area (Å²) >= 11 is 0. The number of likely N-dealkylation sites (N-methyl/N-ethyl adjacent to an activating group) is 2. The molecule has 0 bridgehead atoms. The fourth-order valence-electron chi connectivity index (χ4n) is 10.2. The van der Waals surface area contributed by atoms with E-state index in [2.05, 4.69) is 59.5 Å². The summed E-state index contributed by atoms with van der Waals surface area (Å²) in [6.07, 6.45) is 12.5. The van der Waals surface area contributed by atoms with Gasteiger partial charge in [0.2, 0.25) is 0 Å². The number of nitrogens with one attached hydrogen (secondary N) is 1. The average molecular weight is 1100 g/mol. The Hall–Kier alpha value is -8.23. The van der Waals surface area contributed by atoms with E-state index in [1.54, 1.807) is 27.7 Å². The summed E-state index contributed by atoms with van der Waals surface area (Å²) < 4.78 is 29.0. The van der Waals surface area contributed by atoms with Gasteiger partial charge in [-0.25, -0.2) is 18.7 Å². The maximum absolute atomic E-state index is 13.7. The van der Waals surface area contributed by atoms with Gasteiger partial charge in [-0.15, -0.1) is 0 Å². The lowest BCUT2D eigenvalue weighted by Crippen LogP contribution is -2.47. The van der Waals surface area contributed by atoms with Crippen molar-refractivity contribution in [3.8, 4) is 33.9 Å². The minimum atomic E-state index is -0.194. The van der Waals surface area contributed by atoms with Crippen LogP contribution in [-0.2, 0) is 17.6 Å². The first-order valence-corrected chi connectivity index (χ1v) is 27.8. The maximum atomic E-state index is 13.7. The molecule has 81 heavy (non-hydrogen) atoms. The number of rotatable bonds is 16. The lowest BCUT2D eigenvalue weighted by Gasteiger charge is -2.33. The monoisotopic (exact) mass is 1090 g/mol. The zero-order chi connectivity index (χ0) is 56.2. The smallest absolute Gasteiger partial charge is 0.298 e. The molecular formula is C62H68F2N14O3. The van der Waals surface area contributed by atoms with Crippen LogP contribution in [0.15, 0.2) is 156 Å². The molecule has 4 atom stereocenters. The first-order chi connectivity index (χ1) is 39.5. The van der Waals surface area contributed by atoms with Crippen molar-refractivity contribution in [1.29, 1.82) is 0 Å². The molecule has 8 aromatic rings. The molecule has 0 radical (unpaired) electrons. The van der Waals surface area contributed by atoms with Gasteiger partial charge in [0.15, 0.2) is 11.6 Å². The zero-order valence-corrected chi connectivity index (χ0v) is 45.8. The highest BCUT2D eigenvalue weighted by atomic mass is 19.1. The van der Waals surface area contributed by atoms with Crippen LogP contribution in [0.1, 0.15) is 60.0 Å². The quantitative estimate of drug-likeness (QED) is 0.0753. The molecule has 19 heteroatoms. The van der Waals surface area contributed by atoms with Crippen LogP contribution in [0.5, 0.6) is 0 Å². The summed E-state index contributed by atoms with van der Waals surface area (Å²) in [6.45, 7) is 7.49. The molecule has 4 aromatic heterocycles. The van der Waals surface area contributed by atoms with Gasteiger partial charge in [0.25, 0.3) is 11.1 Å². The van der Waals surface area contributed by atoms with Crippen LogP contribution in [-0.4, -0.2) is 141 Å². The van der Waals surface area contributed by atoms with E-state index in [9.17, 15) is 23.2 Å². The number of piperazine rings is 2. The summed E-state index contributed by atoms with van der Waals surface area (Å²) in [6, 6.07) is 37.2. The number of hydrogen-bond donors (Lipinski definition) is 2. The molecule has 2 saturated carbocycles. The summed E-state index contributed by atoms with van der Waals surface area (Å²) in [4.78, 5) is 56.0. The Balaban J connectivity index is 0.000000157. The van der Waals surface area contributed by atoms with Crippen LogP contribution in [0.25, 0.3) is 33.9 Å². The maximum Gasteiger partial charge on any atom is 0.298 e. The number of nitrogens with two attached hydrogens (primary N) is 1. The molecule has 418 valence electrons.